The number of aromatic nitrogens is 1. The maximum atomic E-state index is 11.6. The highest BCUT2D eigenvalue weighted by Crippen LogP contribution is 2.02. The van der Waals surface area contributed by atoms with Crippen molar-refractivity contribution >= 4 is 5.96 Å². The molecule has 0 atom stereocenters. The third-order valence-electron chi connectivity index (χ3n) is 3.57. The second kappa shape index (κ2) is 11.7. The first kappa shape index (κ1) is 19.3. The lowest BCUT2D eigenvalue weighted by Crippen LogP contribution is -2.38. The van der Waals surface area contributed by atoms with Gasteiger partial charge in [0.1, 0.15) is 0 Å². The van der Waals surface area contributed by atoms with E-state index in [1.165, 1.54) is 6.42 Å². The van der Waals surface area contributed by atoms with Crippen molar-refractivity contribution in [1.82, 2.24) is 15.2 Å². The fourth-order valence-corrected chi connectivity index (χ4v) is 2.29. The number of hydrogen-bond donors (Lipinski definition) is 2. The van der Waals surface area contributed by atoms with Crippen LogP contribution in [0.5, 0.6) is 0 Å². The topological polar surface area (TPSA) is 58.4 Å². The van der Waals surface area contributed by atoms with Gasteiger partial charge in [0.15, 0.2) is 5.96 Å². The van der Waals surface area contributed by atoms with Crippen molar-refractivity contribution in [1.29, 1.82) is 0 Å². The van der Waals surface area contributed by atoms with Crippen molar-refractivity contribution in [2.24, 2.45) is 10.9 Å². The van der Waals surface area contributed by atoms with Crippen LogP contribution in [0.4, 0.5) is 0 Å². The zero-order valence-corrected chi connectivity index (χ0v) is 14.8. The molecule has 0 aliphatic rings. The maximum Gasteiger partial charge on any atom is 0.250 e. The molecule has 0 aliphatic heterocycles. The van der Waals surface area contributed by atoms with Crippen LogP contribution in [0, 0.1) is 5.92 Å². The number of guanidine groups is 1. The molecule has 2 N–H and O–H groups in total. The van der Waals surface area contributed by atoms with E-state index in [2.05, 4.69) is 36.4 Å². The Hall–Kier alpha value is -1.78. The first-order valence-corrected chi connectivity index (χ1v) is 8.81. The minimum atomic E-state index is 0.0699. The summed E-state index contributed by atoms with van der Waals surface area (Å²) in [6.45, 7) is 9.94. The third kappa shape index (κ3) is 9.06. The van der Waals surface area contributed by atoms with E-state index in [9.17, 15) is 4.79 Å². The van der Waals surface area contributed by atoms with Gasteiger partial charge in [-0.05, 0) is 44.6 Å². The molecule has 0 radical (unpaired) electrons. The molecule has 0 fully saturated rings. The average Bonchev–Trinajstić information content (AvgIpc) is 2.52. The number of nitrogens with one attached hydrogen (secondary N) is 2. The molecule has 23 heavy (non-hydrogen) atoms. The van der Waals surface area contributed by atoms with Gasteiger partial charge in [0, 0.05) is 38.4 Å². The number of aryl methyl sites for hydroxylation is 1. The van der Waals surface area contributed by atoms with Crippen molar-refractivity contribution < 1.29 is 0 Å². The van der Waals surface area contributed by atoms with Crippen molar-refractivity contribution in [3.63, 3.8) is 0 Å². The molecule has 0 spiro atoms. The molecule has 1 heterocycles. The summed E-state index contributed by atoms with van der Waals surface area (Å²) in [5.41, 5.74) is 0.0699. The molecular weight excluding hydrogens is 288 g/mol. The van der Waals surface area contributed by atoms with Crippen LogP contribution in [0.1, 0.15) is 46.5 Å². The minimum absolute atomic E-state index is 0.0699. The summed E-state index contributed by atoms with van der Waals surface area (Å²) < 4.78 is 1.76. The Morgan fingerprint density at radius 2 is 2.04 bits per heavy atom. The van der Waals surface area contributed by atoms with Crippen LogP contribution >= 0.6 is 0 Å². The predicted molar refractivity (Wildman–Crippen MR) is 98.0 cm³/mol. The van der Waals surface area contributed by atoms with Gasteiger partial charge in [0.25, 0.3) is 0 Å². The number of rotatable bonds is 10. The van der Waals surface area contributed by atoms with E-state index in [-0.39, 0.29) is 5.56 Å². The van der Waals surface area contributed by atoms with Crippen LogP contribution < -0.4 is 16.2 Å². The Labute approximate surface area is 140 Å². The molecule has 0 saturated carbocycles. The second-order valence-corrected chi connectivity index (χ2v) is 6.16. The van der Waals surface area contributed by atoms with Gasteiger partial charge in [-0.1, -0.05) is 19.9 Å². The lowest BCUT2D eigenvalue weighted by molar-refractivity contribution is 0.559. The molecule has 0 aromatic carbocycles. The molecule has 5 heteroatoms. The SMILES string of the molecule is CCNC(=NCCCC(C)C)NCCCCn1ccccc1=O. The minimum Gasteiger partial charge on any atom is -0.357 e. The fourth-order valence-electron chi connectivity index (χ4n) is 2.29. The molecule has 0 amide bonds. The molecule has 1 aromatic rings. The normalized spacial score (nSPS) is 11.7. The quantitative estimate of drug-likeness (QED) is 0.396. The summed E-state index contributed by atoms with van der Waals surface area (Å²) in [5.74, 6) is 1.63. The molecule has 1 rings (SSSR count). The summed E-state index contributed by atoms with van der Waals surface area (Å²) in [7, 11) is 0. The fraction of sp³-hybridized carbons (Fsp3) is 0.667. The van der Waals surface area contributed by atoms with E-state index in [1.54, 1.807) is 16.7 Å². The van der Waals surface area contributed by atoms with Gasteiger partial charge in [-0.2, -0.15) is 0 Å². The highest BCUT2D eigenvalue weighted by atomic mass is 16.1. The standard InChI is InChI=1S/C18H32N4O/c1-4-19-18(21-13-9-10-16(2)3)20-12-6-8-15-22-14-7-5-11-17(22)23/h5,7,11,14,16H,4,6,8-10,12-13,15H2,1-3H3,(H2,19,20,21). The number of unbranched alkanes of at least 4 members (excludes halogenated alkanes) is 1. The second-order valence-electron chi connectivity index (χ2n) is 6.16. The van der Waals surface area contributed by atoms with E-state index in [4.69, 9.17) is 0 Å². The monoisotopic (exact) mass is 320 g/mol. The molecule has 0 aliphatic carbocycles. The number of hydrogen-bond acceptors (Lipinski definition) is 2. The van der Waals surface area contributed by atoms with Gasteiger partial charge in [-0.25, -0.2) is 0 Å². The first-order chi connectivity index (χ1) is 11.1. The van der Waals surface area contributed by atoms with Gasteiger partial charge in [0.2, 0.25) is 5.56 Å². The largest absolute Gasteiger partial charge is 0.357 e. The lowest BCUT2D eigenvalue weighted by atomic mass is 10.1. The van der Waals surface area contributed by atoms with Crippen molar-refractivity contribution in [2.45, 2.75) is 53.0 Å². The zero-order valence-electron chi connectivity index (χ0n) is 14.8. The van der Waals surface area contributed by atoms with Crippen LogP contribution in [0.25, 0.3) is 0 Å². The Morgan fingerprint density at radius 1 is 1.22 bits per heavy atom. The summed E-state index contributed by atoms with van der Waals surface area (Å²) >= 11 is 0. The number of nitrogens with zero attached hydrogens (tertiary/aromatic N) is 2. The van der Waals surface area contributed by atoms with Gasteiger partial charge in [-0.15, -0.1) is 0 Å². The molecule has 0 saturated heterocycles. The van der Waals surface area contributed by atoms with E-state index >= 15 is 0 Å². The van der Waals surface area contributed by atoms with Gasteiger partial charge in [0.05, 0.1) is 0 Å². The van der Waals surface area contributed by atoms with Crippen LogP contribution in [0.15, 0.2) is 34.2 Å². The first-order valence-electron chi connectivity index (χ1n) is 8.81. The lowest BCUT2D eigenvalue weighted by Gasteiger charge is -2.11. The predicted octanol–water partition coefficient (Wildman–Crippen LogP) is 2.62. The maximum absolute atomic E-state index is 11.6. The molecule has 1 aromatic heterocycles. The Morgan fingerprint density at radius 3 is 2.74 bits per heavy atom. The summed E-state index contributed by atoms with van der Waals surface area (Å²) in [6.07, 6.45) is 6.18. The smallest absolute Gasteiger partial charge is 0.250 e. The van der Waals surface area contributed by atoms with E-state index < -0.39 is 0 Å². The number of pyridine rings is 1. The average molecular weight is 320 g/mol. The van der Waals surface area contributed by atoms with E-state index in [1.807, 2.05) is 12.3 Å². The summed E-state index contributed by atoms with van der Waals surface area (Å²) in [6, 6.07) is 5.27. The van der Waals surface area contributed by atoms with Crippen LogP contribution in [-0.2, 0) is 6.54 Å². The van der Waals surface area contributed by atoms with E-state index in [0.29, 0.717) is 0 Å². The molecule has 0 bridgehead atoms. The van der Waals surface area contributed by atoms with Crippen molar-refractivity contribution in [3.8, 4) is 0 Å². The highest BCUT2D eigenvalue weighted by molar-refractivity contribution is 5.79. The highest BCUT2D eigenvalue weighted by Gasteiger charge is 1.98. The van der Waals surface area contributed by atoms with Crippen LogP contribution in [0.3, 0.4) is 0 Å². The molecule has 130 valence electrons. The van der Waals surface area contributed by atoms with Gasteiger partial charge in [-0.3, -0.25) is 9.79 Å². The van der Waals surface area contributed by atoms with Crippen LogP contribution in [0.2, 0.25) is 0 Å². The van der Waals surface area contributed by atoms with Crippen molar-refractivity contribution in [3.05, 3.63) is 34.7 Å². The Balaban J connectivity index is 2.23. The summed E-state index contributed by atoms with van der Waals surface area (Å²) in [5, 5.41) is 6.63. The van der Waals surface area contributed by atoms with E-state index in [0.717, 1.165) is 57.3 Å². The van der Waals surface area contributed by atoms with Gasteiger partial charge < -0.3 is 15.2 Å². The molecular formula is C18H32N4O. The van der Waals surface area contributed by atoms with Crippen LogP contribution in [-0.4, -0.2) is 30.2 Å². The van der Waals surface area contributed by atoms with Gasteiger partial charge >= 0.3 is 0 Å². The van der Waals surface area contributed by atoms with Crippen molar-refractivity contribution in [2.75, 3.05) is 19.6 Å². The zero-order chi connectivity index (χ0) is 16.9. The molecule has 5 nitrogen and oxygen atoms in total. The molecule has 0 unspecified atom stereocenters. The summed E-state index contributed by atoms with van der Waals surface area (Å²) in [4.78, 5) is 16.2. The Bertz CT molecular complexity index is 508. The Kier molecular flexibility index (Phi) is 9.84. The number of aliphatic imine (C=N–C) groups is 1. The third-order valence-corrected chi connectivity index (χ3v) is 3.57.